The van der Waals surface area contributed by atoms with Crippen LogP contribution in [0.2, 0.25) is 0 Å². The molecular formula is C8H11NS2. The summed E-state index contributed by atoms with van der Waals surface area (Å²) in [6.07, 6.45) is 3.91. The highest BCUT2D eigenvalue weighted by atomic mass is 32.2. The maximum absolute atomic E-state index is 5.33. The number of nitrogens with zero attached hydrogens (tertiary/aromatic N) is 1. The van der Waals surface area contributed by atoms with Crippen LogP contribution in [0.4, 0.5) is 0 Å². The Hall–Kier alpha value is 0.240. The van der Waals surface area contributed by atoms with Crippen LogP contribution in [-0.4, -0.2) is 27.1 Å². The van der Waals surface area contributed by atoms with Crippen molar-refractivity contribution < 1.29 is 0 Å². The zero-order valence-corrected chi connectivity index (χ0v) is 8.01. The van der Waals surface area contributed by atoms with Crippen LogP contribution in [0.5, 0.6) is 0 Å². The Bertz CT molecular complexity index is 228. The Morgan fingerprint density at radius 2 is 2.55 bits per heavy atom. The summed E-state index contributed by atoms with van der Waals surface area (Å²) in [6, 6.07) is 0. The molecule has 3 aliphatic heterocycles. The molecule has 11 heavy (non-hydrogen) atoms. The van der Waals surface area contributed by atoms with Crippen molar-refractivity contribution in [3.05, 3.63) is 0 Å². The summed E-state index contributed by atoms with van der Waals surface area (Å²) in [5.74, 6) is 2.37. The van der Waals surface area contributed by atoms with Crippen molar-refractivity contribution in [2.75, 3.05) is 12.3 Å². The summed E-state index contributed by atoms with van der Waals surface area (Å²) >= 11 is 7.46. The van der Waals surface area contributed by atoms with Crippen LogP contribution in [0.15, 0.2) is 0 Å². The predicted molar refractivity (Wildman–Crippen MR) is 51.8 cm³/mol. The highest BCUT2D eigenvalue weighted by molar-refractivity contribution is 8.02. The van der Waals surface area contributed by atoms with Gasteiger partial charge in [0, 0.05) is 24.6 Å². The molecule has 0 aliphatic carbocycles. The maximum atomic E-state index is 5.33. The van der Waals surface area contributed by atoms with Crippen LogP contribution in [-0.2, 0) is 0 Å². The first kappa shape index (κ1) is 6.72. The normalized spacial score (nSPS) is 47.1. The first-order chi connectivity index (χ1) is 5.33. The lowest BCUT2D eigenvalue weighted by atomic mass is 9.98. The van der Waals surface area contributed by atoms with Gasteiger partial charge in [-0.25, -0.2) is 0 Å². The summed E-state index contributed by atoms with van der Waals surface area (Å²) in [5, 5.41) is 0. The van der Waals surface area contributed by atoms with Crippen LogP contribution >= 0.6 is 24.0 Å². The number of rotatable bonds is 0. The molecule has 0 amide bonds. The maximum Gasteiger partial charge on any atom is 0.0905 e. The van der Waals surface area contributed by atoms with E-state index in [1.54, 1.807) is 0 Å². The molecule has 0 radical (unpaired) electrons. The molecule has 3 heteroatoms. The molecule has 0 bridgehead atoms. The molecular weight excluding hydrogens is 174 g/mol. The highest BCUT2D eigenvalue weighted by Crippen LogP contribution is 2.59. The van der Waals surface area contributed by atoms with E-state index in [2.05, 4.69) is 16.7 Å². The van der Waals surface area contributed by atoms with Crippen LogP contribution in [0.3, 0.4) is 0 Å². The van der Waals surface area contributed by atoms with Crippen LogP contribution in [0, 0.1) is 5.92 Å². The molecule has 3 aliphatic rings. The average molecular weight is 185 g/mol. The molecule has 60 valence electrons. The quantitative estimate of drug-likeness (QED) is 0.530. The second kappa shape index (κ2) is 1.94. The third-order valence-corrected chi connectivity index (χ3v) is 5.58. The van der Waals surface area contributed by atoms with E-state index >= 15 is 0 Å². The van der Waals surface area contributed by atoms with Crippen molar-refractivity contribution in [1.29, 1.82) is 0 Å². The standard InChI is InChI=1S/C8H11NS2/c10-7-1-3-8-6(5-11-8)2-4-9(7)8/h6H,1-5H2. The van der Waals surface area contributed by atoms with E-state index in [1.165, 1.54) is 36.5 Å². The molecule has 3 heterocycles. The van der Waals surface area contributed by atoms with Gasteiger partial charge in [-0.1, -0.05) is 12.2 Å². The SMILES string of the molecule is S=C1CCC23SCC2CCN13. The smallest absolute Gasteiger partial charge is 0.0905 e. The molecule has 2 unspecified atom stereocenters. The second-order valence-corrected chi connectivity index (χ2v) is 5.49. The van der Waals surface area contributed by atoms with Gasteiger partial charge in [0.2, 0.25) is 0 Å². The van der Waals surface area contributed by atoms with Gasteiger partial charge in [0.05, 0.1) is 9.86 Å². The van der Waals surface area contributed by atoms with E-state index in [0.29, 0.717) is 4.87 Å². The van der Waals surface area contributed by atoms with Crippen molar-refractivity contribution in [2.45, 2.75) is 24.1 Å². The summed E-state index contributed by atoms with van der Waals surface area (Å²) in [4.78, 5) is 4.26. The van der Waals surface area contributed by atoms with Gasteiger partial charge in [0.15, 0.2) is 0 Å². The number of thiocarbonyl (C=S) groups is 1. The van der Waals surface area contributed by atoms with Gasteiger partial charge in [-0.3, -0.25) is 0 Å². The molecule has 3 fully saturated rings. The summed E-state index contributed by atoms with van der Waals surface area (Å²) in [5.41, 5.74) is 0. The third-order valence-electron chi connectivity index (χ3n) is 3.33. The van der Waals surface area contributed by atoms with E-state index in [1.807, 2.05) is 0 Å². The molecule has 3 rings (SSSR count). The van der Waals surface area contributed by atoms with E-state index in [4.69, 9.17) is 12.2 Å². The fraction of sp³-hybridized carbons (Fsp3) is 0.875. The van der Waals surface area contributed by atoms with Gasteiger partial charge < -0.3 is 4.90 Å². The van der Waals surface area contributed by atoms with Gasteiger partial charge in [-0.2, -0.15) is 0 Å². The van der Waals surface area contributed by atoms with Crippen LogP contribution < -0.4 is 0 Å². The Labute approximate surface area is 76.5 Å². The number of hydrogen-bond donors (Lipinski definition) is 0. The predicted octanol–water partition coefficient (Wildman–Crippen LogP) is 1.87. The number of hydrogen-bond acceptors (Lipinski definition) is 2. The first-order valence-electron chi connectivity index (χ1n) is 4.27. The first-order valence-corrected chi connectivity index (χ1v) is 5.67. The minimum atomic E-state index is 0.525. The average Bonchev–Trinajstić information content (AvgIpc) is 2.39. The topological polar surface area (TPSA) is 3.24 Å². The lowest BCUT2D eigenvalue weighted by Crippen LogP contribution is -2.48. The Balaban J connectivity index is 2.01. The molecule has 0 aromatic heterocycles. The second-order valence-electron chi connectivity index (χ2n) is 3.69. The molecule has 0 aromatic rings. The van der Waals surface area contributed by atoms with Crippen molar-refractivity contribution in [3.8, 4) is 0 Å². The zero-order chi connectivity index (χ0) is 7.47. The van der Waals surface area contributed by atoms with Crippen LogP contribution in [0.1, 0.15) is 19.3 Å². The van der Waals surface area contributed by atoms with E-state index in [9.17, 15) is 0 Å². The zero-order valence-electron chi connectivity index (χ0n) is 6.38. The molecule has 0 aromatic carbocycles. The fourth-order valence-corrected chi connectivity index (χ4v) is 4.73. The Morgan fingerprint density at radius 1 is 1.64 bits per heavy atom. The van der Waals surface area contributed by atoms with E-state index in [0.717, 1.165) is 5.92 Å². The van der Waals surface area contributed by atoms with E-state index < -0.39 is 0 Å². The minimum Gasteiger partial charge on any atom is -0.351 e. The molecule has 0 saturated carbocycles. The van der Waals surface area contributed by atoms with Crippen LogP contribution in [0.25, 0.3) is 0 Å². The third kappa shape index (κ3) is 0.629. The Kier molecular flexibility index (Phi) is 1.18. The van der Waals surface area contributed by atoms with Gasteiger partial charge in [-0.15, -0.1) is 11.8 Å². The van der Waals surface area contributed by atoms with Crippen molar-refractivity contribution >= 4 is 29.0 Å². The largest absolute Gasteiger partial charge is 0.351 e. The summed E-state index contributed by atoms with van der Waals surface area (Å²) in [6.45, 7) is 1.25. The Morgan fingerprint density at radius 3 is 3.18 bits per heavy atom. The monoisotopic (exact) mass is 185 g/mol. The van der Waals surface area contributed by atoms with E-state index in [-0.39, 0.29) is 0 Å². The van der Waals surface area contributed by atoms with Gasteiger partial charge >= 0.3 is 0 Å². The lowest BCUT2D eigenvalue weighted by Gasteiger charge is -2.45. The van der Waals surface area contributed by atoms with Gasteiger partial charge in [-0.05, 0) is 12.8 Å². The molecule has 1 spiro atoms. The minimum absolute atomic E-state index is 0.525. The highest BCUT2D eigenvalue weighted by Gasteiger charge is 2.59. The number of thioether (sulfide) groups is 1. The fourth-order valence-electron chi connectivity index (χ4n) is 2.64. The summed E-state index contributed by atoms with van der Waals surface area (Å²) < 4.78 is 0. The van der Waals surface area contributed by atoms with Gasteiger partial charge in [0.1, 0.15) is 0 Å². The summed E-state index contributed by atoms with van der Waals surface area (Å²) in [7, 11) is 0. The van der Waals surface area contributed by atoms with Crippen molar-refractivity contribution in [2.24, 2.45) is 5.92 Å². The van der Waals surface area contributed by atoms with Crippen molar-refractivity contribution in [3.63, 3.8) is 0 Å². The molecule has 1 nitrogen and oxygen atoms in total. The lowest BCUT2D eigenvalue weighted by molar-refractivity contribution is 0.305. The van der Waals surface area contributed by atoms with Gasteiger partial charge in [0.25, 0.3) is 0 Å². The van der Waals surface area contributed by atoms with Crippen molar-refractivity contribution in [1.82, 2.24) is 4.90 Å². The molecule has 3 saturated heterocycles. The molecule has 0 N–H and O–H groups in total. The molecule has 2 atom stereocenters.